The summed E-state index contributed by atoms with van der Waals surface area (Å²) in [5.74, 6) is 1.02. The van der Waals surface area contributed by atoms with Gasteiger partial charge in [-0.15, -0.1) is 0 Å². The van der Waals surface area contributed by atoms with Gasteiger partial charge in [-0.2, -0.15) is 0 Å². The lowest BCUT2D eigenvalue weighted by Crippen LogP contribution is -2.51. The number of hydrogen-bond donors (Lipinski definition) is 0. The second-order valence-corrected chi connectivity index (χ2v) is 6.34. The van der Waals surface area contributed by atoms with Crippen LogP contribution in [-0.2, 0) is 18.4 Å². The highest BCUT2D eigenvalue weighted by Crippen LogP contribution is 2.24. The number of rotatable bonds is 4. The Labute approximate surface area is 141 Å². The summed E-state index contributed by atoms with van der Waals surface area (Å²) in [5, 5.41) is 0.606. The molecule has 0 saturated carbocycles. The van der Waals surface area contributed by atoms with Crippen LogP contribution in [0.25, 0.3) is 0 Å². The van der Waals surface area contributed by atoms with Crippen LogP contribution in [0.2, 0.25) is 5.15 Å². The fourth-order valence-corrected chi connectivity index (χ4v) is 3.18. The van der Waals surface area contributed by atoms with Crippen molar-refractivity contribution in [2.75, 3.05) is 18.5 Å². The van der Waals surface area contributed by atoms with Crippen molar-refractivity contribution in [1.82, 2.24) is 14.5 Å². The largest absolute Gasteiger partial charge is 0.321 e. The summed E-state index contributed by atoms with van der Waals surface area (Å²) in [6.07, 6.45) is 3.51. The van der Waals surface area contributed by atoms with Gasteiger partial charge in [-0.1, -0.05) is 29.8 Å². The van der Waals surface area contributed by atoms with Crippen LogP contribution in [0, 0.1) is 0 Å². The standard InChI is InChI=1S/C17H21ClN4O/c1-20(12-16-19-11-15(18)21(16)2)14-9-6-10-22(17(14)23)13-7-4-3-5-8-13/h3-5,7-8,11,14H,6,9-10,12H2,1-2H3. The van der Waals surface area contributed by atoms with E-state index in [1.54, 1.807) is 6.20 Å². The molecule has 2 heterocycles. The molecule has 1 saturated heterocycles. The van der Waals surface area contributed by atoms with Crippen molar-refractivity contribution in [3.8, 4) is 0 Å². The van der Waals surface area contributed by atoms with Crippen LogP contribution in [0.5, 0.6) is 0 Å². The number of hydrogen-bond acceptors (Lipinski definition) is 3. The molecule has 1 aliphatic rings. The lowest BCUT2D eigenvalue weighted by Gasteiger charge is -2.36. The SMILES string of the molecule is CN(Cc1ncc(Cl)n1C)C1CCCN(c2ccccc2)C1=O. The summed E-state index contributed by atoms with van der Waals surface area (Å²) < 4.78 is 1.85. The van der Waals surface area contributed by atoms with Gasteiger partial charge in [0.15, 0.2) is 0 Å². The van der Waals surface area contributed by atoms with Gasteiger partial charge >= 0.3 is 0 Å². The smallest absolute Gasteiger partial charge is 0.244 e. The van der Waals surface area contributed by atoms with E-state index >= 15 is 0 Å². The molecular weight excluding hydrogens is 312 g/mol. The van der Waals surface area contributed by atoms with Crippen LogP contribution in [0.4, 0.5) is 5.69 Å². The Morgan fingerprint density at radius 2 is 2.09 bits per heavy atom. The molecular formula is C17H21ClN4O. The molecule has 23 heavy (non-hydrogen) atoms. The van der Waals surface area contributed by atoms with Gasteiger partial charge in [-0.05, 0) is 32.0 Å². The monoisotopic (exact) mass is 332 g/mol. The van der Waals surface area contributed by atoms with Crippen LogP contribution in [0.3, 0.4) is 0 Å². The highest BCUT2D eigenvalue weighted by Gasteiger charge is 2.32. The van der Waals surface area contributed by atoms with Gasteiger partial charge in [0.2, 0.25) is 5.91 Å². The Hall–Kier alpha value is -1.85. The molecule has 0 radical (unpaired) electrons. The zero-order valence-corrected chi connectivity index (χ0v) is 14.2. The number of aromatic nitrogens is 2. The van der Waals surface area contributed by atoms with Crippen molar-refractivity contribution < 1.29 is 4.79 Å². The fourth-order valence-electron chi connectivity index (χ4n) is 3.03. The third-order valence-corrected chi connectivity index (χ3v) is 4.78. The molecule has 6 heteroatoms. The number of carbonyl (C=O) groups is 1. The molecule has 2 aromatic rings. The number of piperidine rings is 1. The number of imidazole rings is 1. The Balaban J connectivity index is 1.74. The molecule has 1 fully saturated rings. The first-order chi connectivity index (χ1) is 11.1. The summed E-state index contributed by atoms with van der Waals surface area (Å²) in [6.45, 7) is 1.38. The molecule has 1 aliphatic heterocycles. The van der Waals surface area contributed by atoms with Crippen molar-refractivity contribution in [3.63, 3.8) is 0 Å². The first-order valence-electron chi connectivity index (χ1n) is 7.80. The Bertz CT molecular complexity index is 685. The molecule has 1 amide bonds. The van der Waals surface area contributed by atoms with Crippen LogP contribution >= 0.6 is 11.6 Å². The van der Waals surface area contributed by atoms with E-state index < -0.39 is 0 Å². The summed E-state index contributed by atoms with van der Waals surface area (Å²) in [4.78, 5) is 21.1. The Morgan fingerprint density at radius 3 is 2.74 bits per heavy atom. The second kappa shape index (κ2) is 6.72. The topological polar surface area (TPSA) is 41.4 Å². The minimum absolute atomic E-state index is 0.126. The maximum Gasteiger partial charge on any atom is 0.244 e. The molecule has 1 aromatic carbocycles. The van der Waals surface area contributed by atoms with Gasteiger partial charge < -0.3 is 9.47 Å². The van der Waals surface area contributed by atoms with Crippen molar-refractivity contribution in [2.45, 2.75) is 25.4 Å². The molecule has 1 aromatic heterocycles. The lowest BCUT2D eigenvalue weighted by molar-refractivity contribution is -0.125. The van der Waals surface area contributed by atoms with Crippen molar-refractivity contribution in [1.29, 1.82) is 0 Å². The summed E-state index contributed by atoms with van der Waals surface area (Å²) in [6, 6.07) is 9.74. The third-order valence-electron chi connectivity index (χ3n) is 4.43. The molecule has 5 nitrogen and oxygen atoms in total. The van der Waals surface area contributed by atoms with E-state index in [0.717, 1.165) is 30.9 Å². The van der Waals surface area contributed by atoms with Gasteiger partial charge in [0.05, 0.1) is 18.8 Å². The minimum Gasteiger partial charge on any atom is -0.321 e. The number of benzene rings is 1. The highest BCUT2D eigenvalue weighted by atomic mass is 35.5. The van der Waals surface area contributed by atoms with Crippen LogP contribution in [-0.4, -0.2) is 40.0 Å². The third kappa shape index (κ3) is 3.26. The summed E-state index contributed by atoms with van der Waals surface area (Å²) in [5.41, 5.74) is 0.968. The summed E-state index contributed by atoms with van der Waals surface area (Å²) in [7, 11) is 3.86. The highest BCUT2D eigenvalue weighted by molar-refractivity contribution is 6.29. The number of anilines is 1. The van der Waals surface area contributed by atoms with E-state index in [2.05, 4.69) is 9.88 Å². The average molecular weight is 333 g/mol. The van der Waals surface area contributed by atoms with Crippen molar-refractivity contribution in [2.24, 2.45) is 7.05 Å². The zero-order valence-electron chi connectivity index (χ0n) is 13.4. The van der Waals surface area contributed by atoms with Gasteiger partial charge in [-0.3, -0.25) is 9.69 Å². The molecule has 122 valence electrons. The Kier molecular flexibility index (Phi) is 4.68. The average Bonchev–Trinajstić information content (AvgIpc) is 2.88. The summed E-state index contributed by atoms with van der Waals surface area (Å²) >= 11 is 6.04. The van der Waals surface area contributed by atoms with E-state index in [-0.39, 0.29) is 11.9 Å². The molecule has 0 bridgehead atoms. The molecule has 0 N–H and O–H groups in total. The van der Waals surface area contributed by atoms with E-state index in [1.807, 2.05) is 53.9 Å². The number of carbonyl (C=O) groups excluding carboxylic acids is 1. The van der Waals surface area contributed by atoms with Gasteiger partial charge in [0.1, 0.15) is 11.0 Å². The minimum atomic E-state index is -0.126. The van der Waals surface area contributed by atoms with Gasteiger partial charge in [-0.25, -0.2) is 4.98 Å². The predicted molar refractivity (Wildman–Crippen MR) is 91.5 cm³/mol. The maximum absolute atomic E-state index is 12.9. The van der Waals surface area contributed by atoms with Crippen molar-refractivity contribution in [3.05, 3.63) is 47.5 Å². The Morgan fingerprint density at radius 1 is 1.35 bits per heavy atom. The van der Waals surface area contributed by atoms with E-state index in [1.165, 1.54) is 0 Å². The van der Waals surface area contributed by atoms with E-state index in [4.69, 9.17) is 11.6 Å². The molecule has 1 unspecified atom stereocenters. The van der Waals surface area contributed by atoms with Crippen LogP contribution < -0.4 is 4.90 Å². The number of amides is 1. The number of likely N-dealkylation sites (N-methyl/N-ethyl adjacent to an activating group) is 1. The predicted octanol–water partition coefficient (Wildman–Crippen LogP) is 2.70. The van der Waals surface area contributed by atoms with Gasteiger partial charge in [0.25, 0.3) is 0 Å². The first-order valence-corrected chi connectivity index (χ1v) is 8.18. The van der Waals surface area contributed by atoms with E-state index in [0.29, 0.717) is 11.7 Å². The zero-order chi connectivity index (χ0) is 16.4. The first kappa shape index (κ1) is 16.0. The second-order valence-electron chi connectivity index (χ2n) is 5.95. The lowest BCUT2D eigenvalue weighted by atomic mass is 10.0. The molecule has 3 rings (SSSR count). The van der Waals surface area contributed by atoms with Gasteiger partial charge in [0, 0.05) is 19.3 Å². The number of nitrogens with zero attached hydrogens (tertiary/aromatic N) is 4. The van der Waals surface area contributed by atoms with Crippen LogP contribution in [0.15, 0.2) is 36.5 Å². The maximum atomic E-state index is 12.9. The van der Waals surface area contributed by atoms with Crippen LogP contribution in [0.1, 0.15) is 18.7 Å². The van der Waals surface area contributed by atoms with Crippen molar-refractivity contribution >= 4 is 23.2 Å². The normalized spacial score (nSPS) is 18.7. The molecule has 0 aliphatic carbocycles. The molecule has 1 atom stereocenters. The van der Waals surface area contributed by atoms with E-state index in [9.17, 15) is 4.79 Å². The molecule has 0 spiro atoms. The quantitative estimate of drug-likeness (QED) is 0.864. The number of halogens is 1. The number of para-hydroxylation sites is 1. The fraction of sp³-hybridized carbons (Fsp3) is 0.412.